The van der Waals surface area contributed by atoms with Crippen molar-refractivity contribution in [2.45, 2.75) is 90.2 Å². The summed E-state index contributed by atoms with van der Waals surface area (Å²) in [5, 5.41) is 9.98. The molecule has 0 spiro atoms. The molecule has 4 fully saturated rings. The van der Waals surface area contributed by atoms with Crippen LogP contribution in [0.4, 0.5) is 21.5 Å². The first-order valence-electron chi connectivity index (χ1n) is 21.2. The molecule has 0 unspecified atom stereocenters. The normalized spacial score (nSPS) is 23.9. The summed E-state index contributed by atoms with van der Waals surface area (Å²) in [6, 6.07) is 18.5. The van der Waals surface area contributed by atoms with Crippen molar-refractivity contribution in [1.82, 2.24) is 58.6 Å². The zero-order valence-corrected chi connectivity index (χ0v) is 36.6. The van der Waals surface area contributed by atoms with Gasteiger partial charge in [0.05, 0.1) is 38.0 Å². The van der Waals surface area contributed by atoms with Crippen molar-refractivity contribution in [3.8, 4) is 0 Å². The highest BCUT2D eigenvalue weighted by Gasteiger charge is 2.58. The molecule has 10 rings (SSSR count). The highest BCUT2D eigenvalue weighted by molar-refractivity contribution is 5.74. The monoisotopic (exact) mass is 936 g/mol. The van der Waals surface area contributed by atoms with Crippen molar-refractivity contribution in [3.63, 3.8) is 0 Å². The summed E-state index contributed by atoms with van der Waals surface area (Å²) in [6.07, 6.45) is 2.12. The van der Waals surface area contributed by atoms with Crippen molar-refractivity contribution >= 4 is 59.1 Å². The number of benzene rings is 2. The molecule has 0 radical (unpaired) electrons. The number of fused-ring (bicyclic) bond motifs is 4. The van der Waals surface area contributed by atoms with Gasteiger partial charge in [0.2, 0.25) is 11.9 Å². The van der Waals surface area contributed by atoms with Gasteiger partial charge in [0.15, 0.2) is 47.0 Å². The van der Waals surface area contributed by atoms with E-state index in [0.29, 0.717) is 25.2 Å². The standard InChI is InChI=1S/C22H25N7O4.C21H23N7O5.2CH4/c1-4-14-16-17(33-22(31)28(16)10-13-8-6-5-7-9-13)20(32-14)29-12-23-15-18(29)25-21(26-19(15)30)24-11-27(2)3;1-26(2)10-23-20-24-17-14(18(30)25-20)22-11-28(17)19-16-15(13(9-29)32-19)27(21(31)33-16)8-12-6-4-3-5-7-12;;/h5-9,11-12,14,16-17,20H,4,10H2,1-3H3,(H,25,26,30);3-7,10-11,13,15-16,19,29H,8-9H2,1-2H3,(H,24,25,30);2*1H4/t14-,16-,17-,20-;13-,15-,16-,19-;;/m11../s1. The molecule has 4 aromatic heterocycles. The lowest BCUT2D eigenvalue weighted by Gasteiger charge is -2.24. The van der Waals surface area contributed by atoms with Gasteiger partial charge in [-0.25, -0.2) is 29.5 Å². The van der Waals surface area contributed by atoms with Gasteiger partial charge in [-0.05, 0) is 17.5 Å². The Kier molecular flexibility index (Phi) is 14.4. The number of aliphatic hydroxyl groups is 1. The molecule has 23 nitrogen and oxygen atoms in total. The molecule has 0 aliphatic carbocycles. The average molecular weight is 937 g/mol. The summed E-state index contributed by atoms with van der Waals surface area (Å²) in [4.78, 5) is 88.1. The molecule has 8 heterocycles. The lowest BCUT2D eigenvalue weighted by molar-refractivity contribution is -0.0609. The second kappa shape index (κ2) is 20.2. The maximum absolute atomic E-state index is 12.8. The smallest absolute Gasteiger partial charge is 0.411 e. The zero-order valence-electron chi connectivity index (χ0n) is 36.6. The first-order chi connectivity index (χ1) is 31.9. The van der Waals surface area contributed by atoms with Gasteiger partial charge in [-0.2, -0.15) is 9.97 Å². The van der Waals surface area contributed by atoms with Gasteiger partial charge in [0.25, 0.3) is 11.1 Å². The number of rotatable bonds is 12. The fourth-order valence-electron chi connectivity index (χ4n) is 8.56. The molecular weight excluding hydrogens is 881 g/mol. The van der Waals surface area contributed by atoms with Gasteiger partial charge in [-0.1, -0.05) is 82.4 Å². The van der Waals surface area contributed by atoms with E-state index in [2.05, 4.69) is 39.9 Å². The lowest BCUT2D eigenvalue weighted by Crippen LogP contribution is -2.42. The van der Waals surface area contributed by atoms with E-state index in [-0.39, 0.29) is 68.3 Å². The number of aromatic amines is 2. The highest BCUT2D eigenvalue weighted by Crippen LogP contribution is 2.43. The lowest BCUT2D eigenvalue weighted by atomic mass is 10.0. The van der Waals surface area contributed by atoms with Crippen molar-refractivity contribution in [3.05, 3.63) is 105 Å². The quantitative estimate of drug-likeness (QED) is 0.116. The summed E-state index contributed by atoms with van der Waals surface area (Å²) < 4.78 is 27.1. The summed E-state index contributed by atoms with van der Waals surface area (Å²) in [5.41, 5.74) is 1.93. The fourth-order valence-corrected chi connectivity index (χ4v) is 8.56. The van der Waals surface area contributed by atoms with Crippen LogP contribution in [0.25, 0.3) is 22.3 Å². The van der Waals surface area contributed by atoms with E-state index in [4.69, 9.17) is 18.9 Å². The van der Waals surface area contributed by atoms with Crippen LogP contribution in [0, 0.1) is 0 Å². The molecular formula is C45H56N14O9. The summed E-state index contributed by atoms with van der Waals surface area (Å²) >= 11 is 0. The highest BCUT2D eigenvalue weighted by atomic mass is 16.6. The maximum atomic E-state index is 12.8. The molecule has 0 saturated carbocycles. The first kappa shape index (κ1) is 48.4. The topological polar surface area (TPSA) is 256 Å². The predicted octanol–water partition coefficient (Wildman–Crippen LogP) is 3.93. The van der Waals surface area contributed by atoms with Gasteiger partial charge in [-0.3, -0.25) is 38.5 Å². The molecule has 4 saturated heterocycles. The fraction of sp³-hybridized carbons (Fsp3) is 0.422. The summed E-state index contributed by atoms with van der Waals surface area (Å²) in [5.74, 6) is 0.254. The number of ether oxygens (including phenoxy) is 4. The number of H-pyrrole nitrogens is 2. The number of nitrogens with one attached hydrogen (secondary N) is 2. The van der Waals surface area contributed by atoms with E-state index < -0.39 is 54.0 Å². The van der Waals surface area contributed by atoms with Crippen molar-refractivity contribution < 1.29 is 33.6 Å². The van der Waals surface area contributed by atoms with Crippen LogP contribution < -0.4 is 11.1 Å². The number of nitrogens with zero attached hydrogens (tertiary/aromatic N) is 12. The largest absolute Gasteiger partial charge is 0.439 e. The number of carbonyl (C=O) groups excluding carboxylic acids is 2. The van der Waals surface area contributed by atoms with Gasteiger partial charge < -0.3 is 33.9 Å². The van der Waals surface area contributed by atoms with Gasteiger partial charge in [0.1, 0.15) is 18.2 Å². The van der Waals surface area contributed by atoms with Crippen LogP contribution in [0.3, 0.4) is 0 Å². The Hall–Kier alpha value is -7.50. The minimum absolute atomic E-state index is 0. The molecule has 68 heavy (non-hydrogen) atoms. The maximum Gasteiger partial charge on any atom is 0.411 e. The first-order valence-corrected chi connectivity index (χ1v) is 21.2. The third kappa shape index (κ3) is 9.26. The molecule has 0 bridgehead atoms. The Morgan fingerprint density at radius 1 is 0.662 bits per heavy atom. The zero-order chi connectivity index (χ0) is 46.2. The number of aliphatic imine (C=N–C) groups is 2. The van der Waals surface area contributed by atoms with E-state index in [1.165, 1.54) is 19.0 Å². The molecule has 360 valence electrons. The summed E-state index contributed by atoms with van der Waals surface area (Å²) in [7, 11) is 7.22. The number of amides is 2. The number of aromatic nitrogens is 8. The third-order valence-corrected chi connectivity index (χ3v) is 11.5. The molecule has 3 N–H and O–H groups in total. The minimum Gasteiger partial charge on any atom is -0.439 e. The number of hydrogen-bond donors (Lipinski definition) is 3. The van der Waals surface area contributed by atoms with Crippen LogP contribution in [0.15, 0.2) is 92.9 Å². The Bertz CT molecular complexity index is 2700. The van der Waals surface area contributed by atoms with Gasteiger partial charge >= 0.3 is 12.2 Å². The van der Waals surface area contributed by atoms with Crippen LogP contribution in [-0.2, 0) is 32.0 Å². The number of hydrogen-bond acceptors (Lipinski definition) is 15. The van der Waals surface area contributed by atoms with Crippen molar-refractivity contribution in [2.75, 3.05) is 34.8 Å². The molecule has 6 aromatic rings. The number of aliphatic hydroxyl groups excluding tert-OH is 1. The van der Waals surface area contributed by atoms with Crippen molar-refractivity contribution in [1.29, 1.82) is 0 Å². The Morgan fingerprint density at radius 3 is 1.47 bits per heavy atom. The second-order valence-electron chi connectivity index (χ2n) is 16.5. The van der Waals surface area contributed by atoms with Crippen LogP contribution in [0.1, 0.15) is 51.8 Å². The Labute approximate surface area is 390 Å². The van der Waals surface area contributed by atoms with Gasteiger partial charge in [-0.15, -0.1) is 0 Å². The second-order valence-corrected chi connectivity index (χ2v) is 16.5. The molecule has 8 atom stereocenters. The van der Waals surface area contributed by atoms with E-state index in [1.807, 2.05) is 81.7 Å². The molecule has 4 aliphatic heterocycles. The van der Waals surface area contributed by atoms with Crippen LogP contribution >= 0.6 is 0 Å². The van der Waals surface area contributed by atoms with E-state index in [9.17, 15) is 24.3 Å². The SMILES string of the molecule is C.C.CC[C@H]1O[C@@H](n2cnc3c(=O)[nH]c(N=CN(C)C)nc32)[C@@H]2OC(=O)N(Cc3ccccc3)[C@@H]21.CN(C)C=Nc1nc2c(ncn2[C@@H]2O[C@H](CO)[C@@H]3[C@H]2OC(=O)N3Cc2ccccc2)c(=O)[nH]1. The molecule has 2 aromatic carbocycles. The predicted molar refractivity (Wildman–Crippen MR) is 251 cm³/mol. The Morgan fingerprint density at radius 2 is 1.07 bits per heavy atom. The average Bonchev–Trinajstić information content (AvgIpc) is 4.17. The van der Waals surface area contributed by atoms with E-state index >= 15 is 0 Å². The minimum atomic E-state index is -0.818. The van der Waals surface area contributed by atoms with Crippen LogP contribution in [0.5, 0.6) is 0 Å². The molecule has 4 aliphatic rings. The third-order valence-electron chi connectivity index (χ3n) is 11.5. The molecule has 2 amide bonds. The van der Waals surface area contributed by atoms with E-state index in [0.717, 1.165) is 11.1 Å². The van der Waals surface area contributed by atoms with Crippen LogP contribution in [0.2, 0.25) is 0 Å². The Balaban J connectivity index is 0.000000196. The number of imidazole rings is 2. The van der Waals surface area contributed by atoms with Crippen LogP contribution in [-0.4, -0.2) is 160 Å². The molecule has 23 heteroatoms. The number of carbonyl (C=O) groups is 2. The summed E-state index contributed by atoms with van der Waals surface area (Å²) in [6.45, 7) is 2.45. The van der Waals surface area contributed by atoms with Gasteiger partial charge in [0, 0.05) is 41.3 Å². The van der Waals surface area contributed by atoms with Crippen molar-refractivity contribution in [2.24, 2.45) is 9.98 Å². The van der Waals surface area contributed by atoms with E-state index in [1.54, 1.807) is 49.2 Å².